The number of hydrogen-bond donors (Lipinski definition) is 1. The van der Waals surface area contributed by atoms with Crippen molar-refractivity contribution in [3.8, 4) is 11.3 Å². The molecule has 0 aliphatic rings. The summed E-state index contributed by atoms with van der Waals surface area (Å²) in [6, 6.07) is 5.66. The lowest BCUT2D eigenvalue weighted by Crippen LogP contribution is -1.99. The number of carboxylic acid groups (broad SMARTS) is 1. The van der Waals surface area contributed by atoms with Crippen molar-refractivity contribution >= 4 is 5.97 Å². The van der Waals surface area contributed by atoms with Crippen LogP contribution in [0.1, 0.15) is 10.4 Å². The number of rotatable bonds is 2. The van der Waals surface area contributed by atoms with Gasteiger partial charge in [-0.05, 0) is 30.3 Å². The standard InChI is InChI=1S/C12H7F2NO2/c13-9-5-7(4-8(6-9)12(16)17)11-10(14)2-1-3-15-11/h1-6H,(H,16,17). The zero-order valence-corrected chi connectivity index (χ0v) is 8.52. The maximum Gasteiger partial charge on any atom is 0.335 e. The Morgan fingerprint density at radius 2 is 2.00 bits per heavy atom. The molecule has 1 heterocycles. The molecule has 2 aromatic rings. The van der Waals surface area contributed by atoms with Gasteiger partial charge in [0, 0.05) is 11.8 Å². The Labute approximate surface area is 95.4 Å². The fourth-order valence-corrected chi connectivity index (χ4v) is 1.45. The molecular formula is C12H7F2NO2. The summed E-state index contributed by atoms with van der Waals surface area (Å²) in [7, 11) is 0. The lowest BCUT2D eigenvalue weighted by molar-refractivity contribution is 0.0696. The van der Waals surface area contributed by atoms with E-state index in [0.29, 0.717) is 0 Å². The van der Waals surface area contributed by atoms with Crippen molar-refractivity contribution in [2.45, 2.75) is 0 Å². The molecule has 0 bridgehead atoms. The van der Waals surface area contributed by atoms with Gasteiger partial charge in [0.05, 0.1) is 5.56 Å². The van der Waals surface area contributed by atoms with Crippen molar-refractivity contribution < 1.29 is 18.7 Å². The highest BCUT2D eigenvalue weighted by Gasteiger charge is 2.11. The molecule has 86 valence electrons. The SMILES string of the molecule is O=C(O)c1cc(F)cc(-c2ncccc2F)c1. The molecule has 0 unspecified atom stereocenters. The van der Waals surface area contributed by atoms with Crippen LogP contribution < -0.4 is 0 Å². The molecule has 0 fully saturated rings. The van der Waals surface area contributed by atoms with Crippen LogP contribution in [0.2, 0.25) is 0 Å². The molecule has 2 rings (SSSR count). The van der Waals surface area contributed by atoms with E-state index >= 15 is 0 Å². The van der Waals surface area contributed by atoms with Crippen LogP contribution in [0.25, 0.3) is 11.3 Å². The number of aromatic nitrogens is 1. The fourth-order valence-electron chi connectivity index (χ4n) is 1.45. The summed E-state index contributed by atoms with van der Waals surface area (Å²) in [4.78, 5) is 14.5. The van der Waals surface area contributed by atoms with E-state index in [0.717, 1.165) is 12.1 Å². The first kappa shape index (κ1) is 11.2. The van der Waals surface area contributed by atoms with Crippen molar-refractivity contribution in [1.82, 2.24) is 4.98 Å². The predicted octanol–water partition coefficient (Wildman–Crippen LogP) is 2.73. The number of carboxylic acids is 1. The molecule has 0 saturated heterocycles. The minimum Gasteiger partial charge on any atom is -0.478 e. The van der Waals surface area contributed by atoms with E-state index in [1.54, 1.807) is 0 Å². The summed E-state index contributed by atoms with van der Waals surface area (Å²) < 4.78 is 26.6. The second-order valence-electron chi connectivity index (χ2n) is 3.37. The smallest absolute Gasteiger partial charge is 0.335 e. The molecule has 3 nitrogen and oxygen atoms in total. The van der Waals surface area contributed by atoms with E-state index < -0.39 is 17.6 Å². The molecule has 0 saturated carbocycles. The monoisotopic (exact) mass is 235 g/mol. The quantitative estimate of drug-likeness (QED) is 0.870. The average molecular weight is 235 g/mol. The lowest BCUT2D eigenvalue weighted by Gasteiger charge is -2.04. The third kappa shape index (κ3) is 2.28. The maximum absolute atomic E-state index is 13.4. The van der Waals surface area contributed by atoms with Gasteiger partial charge in [-0.3, -0.25) is 4.98 Å². The highest BCUT2D eigenvalue weighted by atomic mass is 19.1. The summed E-state index contributed by atoms with van der Waals surface area (Å²) in [6.07, 6.45) is 1.35. The minimum absolute atomic E-state index is 0.0745. The topological polar surface area (TPSA) is 50.2 Å². The zero-order chi connectivity index (χ0) is 12.4. The molecule has 0 aliphatic heterocycles. The molecule has 1 aromatic heterocycles. The first-order chi connectivity index (χ1) is 8.08. The Morgan fingerprint density at radius 3 is 2.65 bits per heavy atom. The van der Waals surface area contributed by atoms with Crippen LogP contribution in [-0.2, 0) is 0 Å². The third-order valence-corrected chi connectivity index (χ3v) is 2.18. The Bertz CT molecular complexity index is 584. The average Bonchev–Trinajstić information content (AvgIpc) is 2.28. The van der Waals surface area contributed by atoms with Crippen LogP contribution in [-0.4, -0.2) is 16.1 Å². The number of hydrogen-bond acceptors (Lipinski definition) is 2. The van der Waals surface area contributed by atoms with Gasteiger partial charge in [0.15, 0.2) is 0 Å². The van der Waals surface area contributed by atoms with Crippen LogP contribution >= 0.6 is 0 Å². The highest BCUT2D eigenvalue weighted by molar-refractivity contribution is 5.89. The molecule has 5 heteroatoms. The zero-order valence-electron chi connectivity index (χ0n) is 8.52. The van der Waals surface area contributed by atoms with Gasteiger partial charge in [-0.15, -0.1) is 0 Å². The molecule has 0 amide bonds. The highest BCUT2D eigenvalue weighted by Crippen LogP contribution is 2.22. The minimum atomic E-state index is -1.28. The predicted molar refractivity (Wildman–Crippen MR) is 56.5 cm³/mol. The van der Waals surface area contributed by atoms with E-state index in [9.17, 15) is 13.6 Å². The molecule has 1 N–H and O–H groups in total. The second-order valence-corrected chi connectivity index (χ2v) is 3.37. The summed E-state index contributed by atoms with van der Waals surface area (Å²) in [5.74, 6) is -2.65. The van der Waals surface area contributed by atoms with Crippen LogP contribution in [0.5, 0.6) is 0 Å². The van der Waals surface area contributed by atoms with Gasteiger partial charge < -0.3 is 5.11 Å². The molecule has 1 aromatic carbocycles. The van der Waals surface area contributed by atoms with E-state index in [1.165, 1.54) is 24.4 Å². The first-order valence-electron chi connectivity index (χ1n) is 4.72. The summed E-state index contributed by atoms with van der Waals surface area (Å²) in [5.41, 5.74) is -0.222. The number of aromatic carboxylic acids is 1. The number of benzene rings is 1. The summed E-state index contributed by atoms with van der Waals surface area (Å²) in [5, 5.41) is 8.77. The van der Waals surface area contributed by atoms with Gasteiger partial charge in [-0.1, -0.05) is 0 Å². The van der Waals surface area contributed by atoms with Gasteiger partial charge in [0.1, 0.15) is 17.3 Å². The van der Waals surface area contributed by atoms with Gasteiger partial charge in [0.25, 0.3) is 0 Å². The van der Waals surface area contributed by atoms with Gasteiger partial charge in [-0.2, -0.15) is 0 Å². The van der Waals surface area contributed by atoms with E-state index in [-0.39, 0.29) is 16.8 Å². The summed E-state index contributed by atoms with van der Waals surface area (Å²) >= 11 is 0. The normalized spacial score (nSPS) is 10.2. The molecule has 0 atom stereocenters. The van der Waals surface area contributed by atoms with E-state index in [2.05, 4.69) is 4.98 Å². The van der Waals surface area contributed by atoms with E-state index in [1.807, 2.05) is 0 Å². The van der Waals surface area contributed by atoms with Crippen molar-refractivity contribution in [1.29, 1.82) is 0 Å². The third-order valence-electron chi connectivity index (χ3n) is 2.18. The molecular weight excluding hydrogens is 228 g/mol. The van der Waals surface area contributed by atoms with Crippen molar-refractivity contribution in [3.63, 3.8) is 0 Å². The van der Waals surface area contributed by atoms with Gasteiger partial charge in [0.2, 0.25) is 0 Å². The Balaban J connectivity index is 2.60. The Hall–Kier alpha value is -2.30. The fraction of sp³-hybridized carbons (Fsp3) is 0. The van der Waals surface area contributed by atoms with E-state index in [4.69, 9.17) is 5.11 Å². The van der Waals surface area contributed by atoms with Gasteiger partial charge >= 0.3 is 5.97 Å². The number of carbonyl (C=O) groups is 1. The number of pyridine rings is 1. The van der Waals surface area contributed by atoms with Crippen LogP contribution in [0.4, 0.5) is 8.78 Å². The maximum atomic E-state index is 13.4. The molecule has 0 aliphatic carbocycles. The van der Waals surface area contributed by atoms with Crippen LogP contribution in [0.3, 0.4) is 0 Å². The number of halogens is 2. The van der Waals surface area contributed by atoms with Crippen molar-refractivity contribution in [3.05, 3.63) is 53.7 Å². The Kier molecular flexibility index (Phi) is 2.82. The largest absolute Gasteiger partial charge is 0.478 e. The van der Waals surface area contributed by atoms with Crippen molar-refractivity contribution in [2.75, 3.05) is 0 Å². The molecule has 17 heavy (non-hydrogen) atoms. The first-order valence-corrected chi connectivity index (χ1v) is 4.72. The molecule has 0 spiro atoms. The van der Waals surface area contributed by atoms with Crippen molar-refractivity contribution in [2.24, 2.45) is 0 Å². The van der Waals surface area contributed by atoms with Gasteiger partial charge in [-0.25, -0.2) is 13.6 Å². The lowest BCUT2D eigenvalue weighted by atomic mass is 10.1. The van der Waals surface area contributed by atoms with Crippen LogP contribution in [0, 0.1) is 11.6 Å². The molecule has 0 radical (unpaired) electrons. The summed E-state index contributed by atoms with van der Waals surface area (Å²) in [6.45, 7) is 0. The number of nitrogens with zero attached hydrogens (tertiary/aromatic N) is 1. The Morgan fingerprint density at radius 1 is 1.24 bits per heavy atom. The second kappa shape index (κ2) is 4.29. The van der Waals surface area contributed by atoms with Crippen LogP contribution in [0.15, 0.2) is 36.5 Å².